The summed E-state index contributed by atoms with van der Waals surface area (Å²) in [7, 11) is 0. The highest BCUT2D eigenvalue weighted by atomic mass is 32.1. The summed E-state index contributed by atoms with van der Waals surface area (Å²) in [6.45, 7) is 10.5. The molecule has 0 aromatic heterocycles. The van der Waals surface area contributed by atoms with Crippen LogP contribution in [0.5, 0.6) is 0 Å². The standard InChI is InChI=1S/C17H31N3O2S/c1-10(2)13(5)19-16(23)14-7-6-8-20(14)17(22)11(3)9-15(21)12(4)18/h10-14H,6-9,18H2,1-5H3,(H,19,23). The van der Waals surface area contributed by atoms with Crippen molar-refractivity contribution >= 4 is 28.9 Å². The molecule has 0 spiro atoms. The topological polar surface area (TPSA) is 75.4 Å². The number of Topliss-reactive ketones (excluding diaryl/α,β-unsaturated/α-hetero) is 1. The van der Waals surface area contributed by atoms with Crippen molar-refractivity contribution in [1.29, 1.82) is 0 Å². The van der Waals surface area contributed by atoms with Crippen molar-refractivity contribution in [1.82, 2.24) is 10.2 Å². The number of amides is 1. The summed E-state index contributed by atoms with van der Waals surface area (Å²) in [4.78, 5) is 27.0. The van der Waals surface area contributed by atoms with Crippen LogP contribution < -0.4 is 11.1 Å². The highest BCUT2D eigenvalue weighted by Crippen LogP contribution is 2.22. The first-order chi connectivity index (χ1) is 10.6. The maximum Gasteiger partial charge on any atom is 0.226 e. The van der Waals surface area contributed by atoms with Gasteiger partial charge in [0.25, 0.3) is 0 Å². The summed E-state index contributed by atoms with van der Waals surface area (Å²) < 4.78 is 0. The van der Waals surface area contributed by atoms with Crippen LogP contribution in [0.2, 0.25) is 0 Å². The van der Waals surface area contributed by atoms with E-state index in [0.717, 1.165) is 17.8 Å². The number of nitrogens with two attached hydrogens (primary N) is 1. The number of carbonyl (C=O) groups is 2. The number of nitrogens with one attached hydrogen (secondary N) is 1. The van der Waals surface area contributed by atoms with Gasteiger partial charge >= 0.3 is 0 Å². The molecule has 1 saturated heterocycles. The molecule has 1 amide bonds. The molecule has 1 rings (SSSR count). The number of ketones is 1. The van der Waals surface area contributed by atoms with Crippen molar-refractivity contribution in [3.8, 4) is 0 Å². The molecule has 0 radical (unpaired) electrons. The molecule has 0 saturated carbocycles. The molecule has 23 heavy (non-hydrogen) atoms. The van der Waals surface area contributed by atoms with E-state index in [0.29, 0.717) is 12.5 Å². The zero-order valence-corrected chi connectivity index (χ0v) is 15.8. The fourth-order valence-corrected chi connectivity index (χ4v) is 3.08. The lowest BCUT2D eigenvalue weighted by Gasteiger charge is -2.30. The lowest BCUT2D eigenvalue weighted by molar-refractivity contribution is -0.137. The highest BCUT2D eigenvalue weighted by molar-refractivity contribution is 7.80. The average molecular weight is 342 g/mol. The molecule has 4 unspecified atom stereocenters. The lowest BCUT2D eigenvalue weighted by atomic mass is 9.99. The van der Waals surface area contributed by atoms with Crippen LogP contribution in [0.1, 0.15) is 53.9 Å². The molecular weight excluding hydrogens is 310 g/mol. The van der Waals surface area contributed by atoms with Crippen molar-refractivity contribution < 1.29 is 9.59 Å². The molecule has 1 heterocycles. The van der Waals surface area contributed by atoms with E-state index in [4.69, 9.17) is 18.0 Å². The minimum Gasteiger partial charge on any atom is -0.375 e. The second-order valence-corrected chi connectivity index (χ2v) is 7.53. The van der Waals surface area contributed by atoms with Crippen molar-refractivity contribution in [3.05, 3.63) is 0 Å². The molecule has 3 N–H and O–H groups in total. The van der Waals surface area contributed by atoms with Gasteiger partial charge in [0.05, 0.1) is 17.1 Å². The number of hydrogen-bond donors (Lipinski definition) is 2. The Morgan fingerprint density at radius 3 is 2.39 bits per heavy atom. The van der Waals surface area contributed by atoms with Gasteiger partial charge in [-0.25, -0.2) is 0 Å². The first-order valence-electron chi connectivity index (χ1n) is 8.54. The van der Waals surface area contributed by atoms with E-state index in [-0.39, 0.29) is 36.1 Å². The third kappa shape index (κ3) is 5.53. The first kappa shape index (κ1) is 20.0. The van der Waals surface area contributed by atoms with Gasteiger partial charge in [-0.3, -0.25) is 9.59 Å². The number of nitrogens with zero attached hydrogens (tertiary/aromatic N) is 1. The summed E-state index contributed by atoms with van der Waals surface area (Å²) in [5, 5.41) is 3.35. The van der Waals surface area contributed by atoms with Crippen molar-refractivity contribution in [2.75, 3.05) is 6.54 Å². The summed E-state index contributed by atoms with van der Waals surface area (Å²) in [5.74, 6) is 0.0547. The molecule has 0 aromatic carbocycles. The summed E-state index contributed by atoms with van der Waals surface area (Å²) >= 11 is 5.53. The molecule has 4 atom stereocenters. The molecule has 1 fully saturated rings. The van der Waals surface area contributed by atoms with E-state index < -0.39 is 6.04 Å². The van der Waals surface area contributed by atoms with Crippen LogP contribution in [-0.2, 0) is 9.59 Å². The van der Waals surface area contributed by atoms with Crippen LogP contribution in [-0.4, -0.2) is 46.2 Å². The Hall–Kier alpha value is -1.01. The van der Waals surface area contributed by atoms with Gasteiger partial charge in [0.1, 0.15) is 5.78 Å². The predicted molar refractivity (Wildman–Crippen MR) is 97.2 cm³/mol. The van der Waals surface area contributed by atoms with Gasteiger partial charge in [0.2, 0.25) is 5.91 Å². The third-order valence-electron chi connectivity index (χ3n) is 4.65. The van der Waals surface area contributed by atoms with E-state index in [9.17, 15) is 9.59 Å². The van der Waals surface area contributed by atoms with E-state index in [1.807, 2.05) is 4.90 Å². The summed E-state index contributed by atoms with van der Waals surface area (Å²) in [5.41, 5.74) is 5.59. The SMILES string of the molecule is CC(N)C(=O)CC(C)C(=O)N1CCCC1C(=S)NC(C)C(C)C. The Balaban J connectivity index is 2.68. The van der Waals surface area contributed by atoms with Crippen LogP contribution in [0.3, 0.4) is 0 Å². The Labute approximate surface area is 145 Å². The van der Waals surface area contributed by atoms with Gasteiger partial charge in [-0.15, -0.1) is 0 Å². The molecule has 0 aromatic rings. The Bertz CT molecular complexity index is 451. The summed E-state index contributed by atoms with van der Waals surface area (Å²) in [6.07, 6.45) is 2.03. The van der Waals surface area contributed by atoms with Gasteiger partial charge in [-0.1, -0.05) is 33.0 Å². The maximum atomic E-state index is 12.7. The zero-order chi connectivity index (χ0) is 17.7. The largest absolute Gasteiger partial charge is 0.375 e. The van der Waals surface area contributed by atoms with E-state index in [1.165, 1.54) is 0 Å². The summed E-state index contributed by atoms with van der Waals surface area (Å²) in [6, 6.07) is -0.294. The molecule has 0 bridgehead atoms. The Morgan fingerprint density at radius 2 is 1.87 bits per heavy atom. The molecule has 1 aliphatic rings. The smallest absolute Gasteiger partial charge is 0.226 e. The van der Waals surface area contributed by atoms with E-state index >= 15 is 0 Å². The van der Waals surface area contributed by atoms with Crippen LogP contribution in [0.15, 0.2) is 0 Å². The average Bonchev–Trinajstić information content (AvgIpc) is 2.95. The molecule has 132 valence electrons. The number of hydrogen-bond acceptors (Lipinski definition) is 4. The third-order valence-corrected chi connectivity index (χ3v) is 5.04. The fraction of sp³-hybridized carbons (Fsp3) is 0.824. The van der Waals surface area contributed by atoms with E-state index in [1.54, 1.807) is 13.8 Å². The van der Waals surface area contributed by atoms with Crippen LogP contribution in [0, 0.1) is 11.8 Å². The quantitative estimate of drug-likeness (QED) is 0.692. The Morgan fingerprint density at radius 1 is 1.26 bits per heavy atom. The van der Waals surface area contributed by atoms with E-state index in [2.05, 4.69) is 26.1 Å². The van der Waals surface area contributed by atoms with Crippen LogP contribution in [0.4, 0.5) is 0 Å². The molecule has 5 nitrogen and oxygen atoms in total. The predicted octanol–water partition coefficient (Wildman–Crippen LogP) is 1.88. The maximum absolute atomic E-state index is 12.7. The van der Waals surface area contributed by atoms with Crippen molar-refractivity contribution in [3.63, 3.8) is 0 Å². The van der Waals surface area contributed by atoms with Gasteiger partial charge in [-0.05, 0) is 32.6 Å². The number of likely N-dealkylation sites (tertiary alicyclic amines) is 1. The second kappa shape index (κ2) is 8.73. The highest BCUT2D eigenvalue weighted by Gasteiger charge is 2.35. The second-order valence-electron chi connectivity index (χ2n) is 7.09. The molecular formula is C17H31N3O2S. The van der Waals surface area contributed by atoms with Gasteiger partial charge in [0, 0.05) is 24.9 Å². The van der Waals surface area contributed by atoms with Gasteiger partial charge < -0.3 is 16.0 Å². The lowest BCUT2D eigenvalue weighted by Crippen LogP contribution is -2.49. The Kier molecular flexibility index (Phi) is 7.61. The molecule has 0 aliphatic carbocycles. The minimum atomic E-state index is -0.519. The van der Waals surface area contributed by atoms with Crippen molar-refractivity contribution in [2.45, 2.75) is 72.0 Å². The minimum absolute atomic E-state index is 0.00264. The molecule has 6 heteroatoms. The zero-order valence-electron chi connectivity index (χ0n) is 15.0. The normalized spacial score (nSPS) is 21.9. The molecule has 1 aliphatic heterocycles. The van der Waals surface area contributed by atoms with Crippen LogP contribution >= 0.6 is 12.2 Å². The number of rotatable bonds is 7. The fourth-order valence-electron chi connectivity index (χ4n) is 2.65. The van der Waals surface area contributed by atoms with Crippen molar-refractivity contribution in [2.24, 2.45) is 17.6 Å². The van der Waals surface area contributed by atoms with Crippen LogP contribution in [0.25, 0.3) is 0 Å². The monoisotopic (exact) mass is 341 g/mol. The number of carbonyl (C=O) groups excluding carboxylic acids is 2. The van der Waals surface area contributed by atoms with Gasteiger partial charge in [-0.2, -0.15) is 0 Å². The number of thiocarbonyl (C=S) groups is 1. The van der Waals surface area contributed by atoms with Gasteiger partial charge in [0.15, 0.2) is 0 Å². The first-order valence-corrected chi connectivity index (χ1v) is 8.95.